The predicted molar refractivity (Wildman–Crippen MR) is 127 cm³/mol. The number of ether oxygens (including phenoxy) is 2. The normalized spacial score (nSPS) is 13.3. The first-order valence-electron chi connectivity index (χ1n) is 9.71. The Morgan fingerprint density at radius 2 is 1.79 bits per heavy atom. The van der Waals surface area contributed by atoms with Crippen molar-refractivity contribution in [1.29, 1.82) is 0 Å². The molecule has 12 heteroatoms. The van der Waals surface area contributed by atoms with Gasteiger partial charge < -0.3 is 0 Å². The molecule has 0 fully saturated rings. The molecular weight excluding hydrogens is 593 g/mol. The van der Waals surface area contributed by atoms with Gasteiger partial charge in [0.05, 0.1) is 0 Å². The molecule has 0 spiro atoms. The number of para-hydroxylation sites is 2. The molecule has 0 saturated carbocycles. The maximum absolute atomic E-state index is 12.9. The van der Waals surface area contributed by atoms with Gasteiger partial charge in [0.25, 0.3) is 0 Å². The third-order valence-electron chi connectivity index (χ3n) is 4.23. The van der Waals surface area contributed by atoms with Crippen molar-refractivity contribution in [3.63, 3.8) is 0 Å². The fourth-order valence-electron chi connectivity index (χ4n) is 2.77. The van der Waals surface area contributed by atoms with Gasteiger partial charge in [-0.15, -0.1) is 0 Å². The van der Waals surface area contributed by atoms with Crippen molar-refractivity contribution in [2.24, 2.45) is 0 Å². The van der Waals surface area contributed by atoms with E-state index in [9.17, 15) is 8.42 Å². The summed E-state index contributed by atoms with van der Waals surface area (Å²) in [6, 6.07) is 11.7. The summed E-state index contributed by atoms with van der Waals surface area (Å²) in [5, 5.41) is -0.0799. The fraction of sp³-hybridized carbons (Fsp3) is 0.0455. The van der Waals surface area contributed by atoms with Crippen LogP contribution in [0.15, 0.2) is 75.1 Å². The summed E-state index contributed by atoms with van der Waals surface area (Å²) >= 11 is 6.27. The van der Waals surface area contributed by atoms with Crippen molar-refractivity contribution in [2.45, 2.75) is 0 Å². The van der Waals surface area contributed by atoms with Gasteiger partial charge in [-0.2, -0.15) is 0 Å². The Labute approximate surface area is 212 Å². The van der Waals surface area contributed by atoms with Crippen LogP contribution in [0.3, 0.4) is 0 Å². The van der Waals surface area contributed by atoms with Crippen LogP contribution in [0.2, 0.25) is 5.15 Å². The molecule has 2 N–H and O–H groups in total. The Morgan fingerprint density at radius 3 is 2.56 bits per heavy atom. The Hall–Kier alpha value is -3.16. The fourth-order valence-corrected chi connectivity index (χ4v) is 5.10. The first-order chi connectivity index (χ1) is 16.4. The number of nitrogens with zero attached hydrogens (tertiary/aromatic N) is 3. The van der Waals surface area contributed by atoms with Gasteiger partial charge in [-0.1, -0.05) is 0 Å². The van der Waals surface area contributed by atoms with E-state index in [4.69, 9.17) is 21.1 Å². The minimum atomic E-state index is -4.16. The second-order valence-electron chi connectivity index (χ2n) is 6.55. The average molecular weight is 611 g/mol. The van der Waals surface area contributed by atoms with Gasteiger partial charge in [0, 0.05) is 0 Å². The first kappa shape index (κ1) is 24.0. The van der Waals surface area contributed by atoms with Gasteiger partial charge in [-0.25, -0.2) is 0 Å². The molecule has 4 rings (SSSR count). The number of hydrogen-bond donors (Lipinski definition) is 2. The molecule has 34 heavy (non-hydrogen) atoms. The van der Waals surface area contributed by atoms with E-state index in [-0.39, 0.29) is 49.6 Å². The summed E-state index contributed by atoms with van der Waals surface area (Å²) in [6.45, 7) is 0. The predicted octanol–water partition coefficient (Wildman–Crippen LogP) is 1.61. The van der Waals surface area contributed by atoms with E-state index >= 15 is 0 Å². The van der Waals surface area contributed by atoms with E-state index in [2.05, 4.69) is 28.5 Å². The number of pyridine rings is 1. The van der Waals surface area contributed by atoms with Gasteiger partial charge in [-0.3, -0.25) is 0 Å². The summed E-state index contributed by atoms with van der Waals surface area (Å²) in [7, 11) is -2.67. The zero-order valence-corrected chi connectivity index (χ0v) is 21.4. The van der Waals surface area contributed by atoms with Crippen LogP contribution in [0, 0.1) is 0 Å². The van der Waals surface area contributed by atoms with Crippen molar-refractivity contribution < 1.29 is 39.1 Å². The first-order valence-corrected chi connectivity index (χ1v) is 14.1. The molecule has 1 aliphatic heterocycles. The molecule has 0 unspecified atom stereocenters. The van der Waals surface area contributed by atoms with Crippen molar-refractivity contribution in [1.82, 2.24) is 15.0 Å². The Kier molecular flexibility index (Phi) is 7.65. The van der Waals surface area contributed by atoms with E-state index in [0.717, 1.165) is 0 Å². The third kappa shape index (κ3) is 6.04. The van der Waals surface area contributed by atoms with Crippen LogP contribution < -0.4 is 40.1 Å². The molecule has 2 aromatic heterocycles. The molecule has 1 aliphatic rings. The van der Waals surface area contributed by atoms with E-state index in [1.54, 1.807) is 36.4 Å². The van der Waals surface area contributed by atoms with Crippen LogP contribution >= 0.6 is 11.6 Å². The topological polar surface area (TPSA) is 115 Å². The number of nitrogens with one attached hydrogen (secondary N) is 2. The number of rotatable bonds is 8. The number of halogens is 2. The standard InChI is InChI=1S/C22H18ClIN5O4S/c1-32-16-8-2-3-9-17(16)33-19-20(23)26-21(15-7-6-12-24-13-11-15)27-22(19)29-34(30,31)28-18-10-4-5-14-25-18/h2-14H,1H3,(H,25,28)(H,26,27,29)/q-1. The Bertz CT molecular complexity index is 1380. The molecule has 1 aromatic carbocycles. The van der Waals surface area contributed by atoms with Crippen LogP contribution in [0.4, 0.5) is 11.6 Å². The van der Waals surface area contributed by atoms with E-state index in [1.807, 2.05) is 22.3 Å². The molecular formula is C22H18ClIN5O4S-. The quantitative estimate of drug-likeness (QED) is 0.294. The number of hydrogen-bond acceptors (Lipinski definition) is 7. The number of aromatic nitrogens is 3. The molecule has 9 nitrogen and oxygen atoms in total. The number of allylic oxidation sites excluding steroid dienone is 4. The zero-order valence-electron chi connectivity index (χ0n) is 17.6. The monoisotopic (exact) mass is 610 g/mol. The average Bonchev–Trinajstić information content (AvgIpc) is 3.11. The molecule has 0 atom stereocenters. The summed E-state index contributed by atoms with van der Waals surface area (Å²) in [6.07, 6.45) is 7.09. The van der Waals surface area contributed by atoms with Crippen molar-refractivity contribution >= 4 is 39.0 Å². The van der Waals surface area contributed by atoms with E-state index in [0.29, 0.717) is 17.1 Å². The SMILES string of the molecule is COc1ccccc1Oc1c(Cl)nc(C2=CC=C[I-]C=C2)nc1NS(=O)(=O)Nc1ccccn1. The van der Waals surface area contributed by atoms with Crippen molar-refractivity contribution in [3.8, 4) is 17.2 Å². The summed E-state index contributed by atoms with van der Waals surface area (Å²) in [4.78, 5) is 12.7. The van der Waals surface area contributed by atoms with E-state index in [1.165, 1.54) is 19.4 Å². The number of benzene rings is 1. The molecule has 3 heterocycles. The molecule has 0 radical (unpaired) electrons. The number of anilines is 2. The molecule has 0 amide bonds. The van der Waals surface area contributed by atoms with Gasteiger partial charge in [0.15, 0.2) is 0 Å². The molecule has 0 saturated heterocycles. The number of methoxy groups -OCH3 is 1. The molecule has 0 bridgehead atoms. The third-order valence-corrected chi connectivity index (χ3v) is 7.04. The summed E-state index contributed by atoms with van der Waals surface area (Å²) < 4.78 is 45.8. The molecule has 0 aliphatic carbocycles. The van der Waals surface area contributed by atoms with Gasteiger partial charge in [0.1, 0.15) is 0 Å². The zero-order chi connectivity index (χ0) is 24.0. The second-order valence-corrected chi connectivity index (χ2v) is 10.5. The molecule has 3 aromatic rings. The summed E-state index contributed by atoms with van der Waals surface area (Å²) in [5.74, 6) is 0.865. The van der Waals surface area contributed by atoms with Gasteiger partial charge >= 0.3 is 207 Å². The Balaban J connectivity index is 1.77. The minimum absolute atomic E-state index is 0.0799. The maximum atomic E-state index is 12.9. The van der Waals surface area contributed by atoms with Crippen LogP contribution in [-0.2, 0) is 10.2 Å². The van der Waals surface area contributed by atoms with Crippen LogP contribution in [0.25, 0.3) is 5.57 Å². The van der Waals surface area contributed by atoms with Gasteiger partial charge in [0.2, 0.25) is 0 Å². The van der Waals surface area contributed by atoms with E-state index < -0.39 is 10.2 Å². The van der Waals surface area contributed by atoms with Crippen molar-refractivity contribution in [3.05, 3.63) is 86.0 Å². The van der Waals surface area contributed by atoms with Crippen LogP contribution in [-0.4, -0.2) is 30.5 Å². The van der Waals surface area contributed by atoms with Gasteiger partial charge in [-0.05, 0) is 6.07 Å². The van der Waals surface area contributed by atoms with Crippen LogP contribution in [0.1, 0.15) is 5.82 Å². The second kappa shape index (κ2) is 10.8. The summed E-state index contributed by atoms with van der Waals surface area (Å²) in [5.41, 5.74) is 0.678. The van der Waals surface area contributed by atoms with Crippen molar-refractivity contribution in [2.75, 3.05) is 16.6 Å². The Morgan fingerprint density at radius 1 is 1.00 bits per heavy atom. The van der Waals surface area contributed by atoms with Crippen LogP contribution in [0.5, 0.6) is 17.2 Å². The molecule has 176 valence electrons.